The third-order valence-corrected chi connectivity index (χ3v) is 3.77. The minimum absolute atomic E-state index is 0.0241. The molecule has 0 saturated carbocycles. The molecule has 3 rings (SSSR count). The van der Waals surface area contributed by atoms with E-state index in [2.05, 4.69) is 9.72 Å². The summed E-state index contributed by atoms with van der Waals surface area (Å²) in [5.41, 5.74) is 1.50. The number of aliphatic hydroxyl groups excluding tert-OH is 1. The molecule has 21 heavy (non-hydrogen) atoms. The number of rotatable bonds is 2. The van der Waals surface area contributed by atoms with Crippen molar-refractivity contribution in [2.24, 2.45) is 0 Å². The maximum Gasteiger partial charge on any atom is 0.429 e. The van der Waals surface area contributed by atoms with Gasteiger partial charge in [0.1, 0.15) is 12.4 Å². The second-order valence-corrected chi connectivity index (χ2v) is 5.11. The van der Waals surface area contributed by atoms with Gasteiger partial charge in [-0.25, -0.2) is 9.37 Å². The molecule has 0 radical (unpaired) electrons. The molecule has 3 N–H and O–H groups in total. The fourth-order valence-electron chi connectivity index (χ4n) is 2.37. The molecular formula is C10H9F4N3O3S. The predicted molar refractivity (Wildman–Crippen MR) is 62.2 cm³/mol. The maximum absolute atomic E-state index is 14.7. The number of epoxide rings is 1. The first-order valence-electron chi connectivity index (χ1n) is 5.72. The molecule has 2 fully saturated rings. The minimum Gasteiger partial charge on any atom is -0.391 e. The van der Waals surface area contributed by atoms with Crippen LogP contribution in [0.15, 0.2) is 12.3 Å². The van der Waals surface area contributed by atoms with Crippen LogP contribution in [0.25, 0.3) is 0 Å². The van der Waals surface area contributed by atoms with Crippen molar-refractivity contribution < 1.29 is 32.1 Å². The Balaban J connectivity index is 2.11. The Bertz CT molecular complexity index is 653. The number of halogens is 4. The van der Waals surface area contributed by atoms with Crippen LogP contribution in [0.4, 0.5) is 23.4 Å². The molecular weight excluding hydrogens is 318 g/mol. The van der Waals surface area contributed by atoms with E-state index in [1.54, 1.807) is 0 Å². The van der Waals surface area contributed by atoms with Crippen LogP contribution in [0.5, 0.6) is 0 Å². The second kappa shape index (κ2) is 4.12. The molecule has 4 atom stereocenters. The fraction of sp³-hybridized carbons (Fsp3) is 0.600. The lowest BCUT2D eigenvalue weighted by Gasteiger charge is -2.31. The Hall–Kier alpha value is -1.30. The Labute approximate surface area is 120 Å². The number of nitrogen functional groups attached to an aromatic ring is 1. The van der Waals surface area contributed by atoms with E-state index in [-0.39, 0.29) is 10.6 Å². The molecule has 2 aliphatic heterocycles. The van der Waals surface area contributed by atoms with E-state index in [0.717, 1.165) is 12.3 Å². The van der Waals surface area contributed by atoms with Crippen LogP contribution in [0.2, 0.25) is 0 Å². The molecule has 2 unspecified atom stereocenters. The van der Waals surface area contributed by atoms with E-state index in [0.29, 0.717) is 4.57 Å². The zero-order valence-corrected chi connectivity index (χ0v) is 11.0. The number of nitrogens with zero attached hydrogens (tertiary/aromatic N) is 2. The van der Waals surface area contributed by atoms with Crippen LogP contribution in [0, 0.1) is 4.77 Å². The lowest BCUT2D eigenvalue weighted by atomic mass is 9.98. The summed E-state index contributed by atoms with van der Waals surface area (Å²) in [6.45, 7) is -0.911. The molecule has 116 valence electrons. The van der Waals surface area contributed by atoms with Crippen molar-refractivity contribution in [1.82, 2.24) is 9.55 Å². The lowest BCUT2D eigenvalue weighted by molar-refractivity contribution is -0.290. The van der Waals surface area contributed by atoms with E-state index in [4.69, 9.17) is 27.8 Å². The van der Waals surface area contributed by atoms with Gasteiger partial charge in [-0.2, -0.15) is 13.2 Å². The first-order chi connectivity index (χ1) is 9.65. The third-order valence-electron chi connectivity index (χ3n) is 3.47. The van der Waals surface area contributed by atoms with Gasteiger partial charge in [-0.1, -0.05) is 0 Å². The average Bonchev–Trinajstić information content (AvgIpc) is 3.04. The molecule has 11 heteroatoms. The van der Waals surface area contributed by atoms with Crippen LogP contribution >= 0.6 is 12.2 Å². The molecule has 2 aliphatic rings. The van der Waals surface area contributed by atoms with Crippen molar-refractivity contribution in [2.75, 3.05) is 12.3 Å². The zero-order valence-electron chi connectivity index (χ0n) is 10.2. The SMILES string of the molecule is Nc1ccn([C@@H]2OC3(CO)O[C@@H]3C2(F)C(F)(F)F)c(=S)n1. The van der Waals surface area contributed by atoms with Crippen molar-refractivity contribution in [1.29, 1.82) is 0 Å². The standard InChI is InChI=1S/C10H9F4N3O3S/c11-9(10(12,13)14)5-8(3-18,19-5)20-6(9)17-2-1-4(15)16-7(17)21/h1-2,5-6,18H,3H2,(H2,15,16,21)/t5-,6+,8?,9?/m0/s1. The van der Waals surface area contributed by atoms with Crippen LogP contribution < -0.4 is 5.73 Å². The van der Waals surface area contributed by atoms with Crippen LogP contribution in [-0.2, 0) is 9.47 Å². The topological polar surface area (TPSA) is 85.8 Å². The number of hydrogen-bond acceptors (Lipinski definition) is 6. The number of alkyl halides is 4. The van der Waals surface area contributed by atoms with Gasteiger partial charge < -0.3 is 20.3 Å². The normalized spacial score (nSPS) is 38.3. The molecule has 0 aromatic carbocycles. The molecule has 0 amide bonds. The summed E-state index contributed by atoms with van der Waals surface area (Å²) < 4.78 is 64.1. The van der Waals surface area contributed by atoms with Crippen LogP contribution in [0.1, 0.15) is 6.23 Å². The van der Waals surface area contributed by atoms with E-state index in [9.17, 15) is 17.6 Å². The van der Waals surface area contributed by atoms with Gasteiger partial charge >= 0.3 is 6.18 Å². The van der Waals surface area contributed by atoms with E-state index < -0.39 is 36.6 Å². The van der Waals surface area contributed by atoms with Crippen molar-refractivity contribution >= 4 is 18.0 Å². The fourth-order valence-corrected chi connectivity index (χ4v) is 2.64. The molecule has 3 heterocycles. The number of aliphatic hydroxyl groups is 1. The van der Waals surface area contributed by atoms with Crippen LogP contribution in [-0.4, -0.2) is 45.0 Å². The van der Waals surface area contributed by atoms with Crippen molar-refractivity contribution in [2.45, 2.75) is 30.0 Å². The minimum atomic E-state index is -5.29. The third kappa shape index (κ3) is 1.81. The molecule has 0 bridgehead atoms. The summed E-state index contributed by atoms with van der Waals surface area (Å²) in [4.78, 5) is 3.59. The molecule has 0 spiro atoms. The monoisotopic (exact) mass is 327 g/mol. The maximum atomic E-state index is 14.7. The van der Waals surface area contributed by atoms with Crippen LogP contribution in [0.3, 0.4) is 0 Å². The summed E-state index contributed by atoms with van der Waals surface area (Å²) >= 11 is 4.78. The Morgan fingerprint density at radius 3 is 2.67 bits per heavy atom. The number of anilines is 1. The van der Waals surface area contributed by atoms with E-state index >= 15 is 0 Å². The summed E-state index contributed by atoms with van der Waals surface area (Å²) in [6, 6.07) is 1.16. The first-order valence-corrected chi connectivity index (χ1v) is 6.13. The largest absolute Gasteiger partial charge is 0.429 e. The van der Waals surface area contributed by atoms with Gasteiger partial charge in [0.2, 0.25) is 10.6 Å². The quantitative estimate of drug-likeness (QED) is 0.480. The zero-order chi connectivity index (χ0) is 15.6. The van der Waals surface area contributed by atoms with Gasteiger partial charge in [-0.3, -0.25) is 4.57 Å². The molecule has 0 aliphatic carbocycles. The molecule has 1 aromatic rings. The highest BCUT2D eigenvalue weighted by Gasteiger charge is 2.86. The predicted octanol–water partition coefficient (Wildman–Crippen LogP) is 1.08. The lowest BCUT2D eigenvalue weighted by Crippen LogP contribution is -2.50. The van der Waals surface area contributed by atoms with Gasteiger partial charge in [0.05, 0.1) is 0 Å². The van der Waals surface area contributed by atoms with Gasteiger partial charge in [0.25, 0.3) is 5.67 Å². The van der Waals surface area contributed by atoms with E-state index in [1.165, 1.54) is 0 Å². The molecule has 2 saturated heterocycles. The molecule has 6 nitrogen and oxygen atoms in total. The van der Waals surface area contributed by atoms with Gasteiger partial charge in [-0.05, 0) is 18.3 Å². The second-order valence-electron chi connectivity index (χ2n) is 4.75. The number of fused-ring (bicyclic) bond motifs is 1. The highest BCUT2D eigenvalue weighted by molar-refractivity contribution is 7.71. The highest BCUT2D eigenvalue weighted by atomic mass is 32.1. The Morgan fingerprint density at radius 2 is 2.14 bits per heavy atom. The molecule has 1 aromatic heterocycles. The Kier molecular flexibility index (Phi) is 2.87. The van der Waals surface area contributed by atoms with Gasteiger partial charge in [0, 0.05) is 6.20 Å². The average molecular weight is 327 g/mol. The van der Waals surface area contributed by atoms with Gasteiger partial charge in [0.15, 0.2) is 12.3 Å². The van der Waals surface area contributed by atoms with Crippen molar-refractivity contribution in [3.05, 3.63) is 17.0 Å². The highest BCUT2D eigenvalue weighted by Crippen LogP contribution is 2.64. The smallest absolute Gasteiger partial charge is 0.391 e. The van der Waals surface area contributed by atoms with E-state index in [1.807, 2.05) is 0 Å². The number of aromatic nitrogens is 2. The first kappa shape index (κ1) is 14.6. The number of ether oxygens (including phenoxy) is 2. The summed E-state index contributed by atoms with van der Waals surface area (Å²) in [7, 11) is 0. The number of hydrogen-bond donors (Lipinski definition) is 2. The van der Waals surface area contributed by atoms with Crippen molar-refractivity contribution in [3.63, 3.8) is 0 Å². The summed E-state index contributed by atoms with van der Waals surface area (Å²) in [5.74, 6) is -2.03. The summed E-state index contributed by atoms with van der Waals surface area (Å²) in [6.07, 6.45) is -8.35. The Morgan fingerprint density at radius 1 is 1.48 bits per heavy atom. The van der Waals surface area contributed by atoms with Crippen molar-refractivity contribution in [3.8, 4) is 0 Å². The number of nitrogens with two attached hydrogens (primary N) is 1. The summed E-state index contributed by atoms with van der Waals surface area (Å²) in [5, 5.41) is 9.09. The van der Waals surface area contributed by atoms with Gasteiger partial charge in [-0.15, -0.1) is 0 Å².